The molecule has 0 spiro atoms. The van der Waals surface area contributed by atoms with Gasteiger partial charge in [0.1, 0.15) is 11.5 Å². The molecule has 4 nitrogen and oxygen atoms in total. The molecule has 15 heavy (non-hydrogen) atoms. The zero-order valence-corrected chi connectivity index (χ0v) is 9.80. The van der Waals surface area contributed by atoms with Gasteiger partial charge in [-0.25, -0.2) is 4.98 Å². The maximum atomic E-state index is 11.1. The minimum absolute atomic E-state index is 0.0415. The third-order valence-corrected chi connectivity index (χ3v) is 3.71. The van der Waals surface area contributed by atoms with Crippen molar-refractivity contribution in [1.82, 2.24) is 14.9 Å². The van der Waals surface area contributed by atoms with Crippen molar-refractivity contribution in [3.05, 3.63) is 17.7 Å². The highest BCUT2D eigenvalue weighted by atomic mass is 32.2. The number of carbonyl (C=O) groups is 1. The number of ketones is 1. The van der Waals surface area contributed by atoms with Crippen molar-refractivity contribution < 1.29 is 4.79 Å². The second kappa shape index (κ2) is 4.37. The molecule has 1 aromatic heterocycles. The fraction of sp³-hybridized carbons (Fsp3) is 0.600. The van der Waals surface area contributed by atoms with Crippen LogP contribution in [0.5, 0.6) is 0 Å². The third-order valence-electron chi connectivity index (χ3n) is 2.69. The van der Waals surface area contributed by atoms with Crippen molar-refractivity contribution in [2.24, 2.45) is 0 Å². The van der Waals surface area contributed by atoms with Gasteiger partial charge in [-0.3, -0.25) is 9.69 Å². The largest absolute Gasteiger partial charge is 0.338 e. The highest BCUT2D eigenvalue weighted by Gasteiger charge is 2.23. The Labute approximate surface area is 93.5 Å². The average molecular weight is 225 g/mol. The fourth-order valence-electron chi connectivity index (χ4n) is 1.66. The van der Waals surface area contributed by atoms with Crippen LogP contribution < -0.4 is 0 Å². The van der Waals surface area contributed by atoms with Gasteiger partial charge >= 0.3 is 0 Å². The van der Waals surface area contributed by atoms with Crippen LogP contribution >= 0.6 is 11.8 Å². The van der Waals surface area contributed by atoms with Crippen molar-refractivity contribution in [1.29, 1.82) is 0 Å². The summed E-state index contributed by atoms with van der Waals surface area (Å²) in [6, 6.07) is 0.317. The number of aromatic nitrogens is 2. The molecular weight excluding hydrogens is 210 g/mol. The Bertz CT molecular complexity index is 363. The van der Waals surface area contributed by atoms with E-state index in [4.69, 9.17) is 0 Å². The van der Waals surface area contributed by atoms with Crippen molar-refractivity contribution in [3.63, 3.8) is 0 Å². The minimum Gasteiger partial charge on any atom is -0.338 e. The molecule has 2 heterocycles. The number of hydrogen-bond donors (Lipinski definition) is 1. The van der Waals surface area contributed by atoms with E-state index in [-0.39, 0.29) is 5.78 Å². The standard InChI is InChI=1S/C10H15N3OS/c1-7(14)8-5-11-10(12-8)9-6-15-4-3-13(9)2/h5,9H,3-4,6H2,1-2H3,(H,11,12). The number of Topliss-reactive ketones (excluding diaryl/α,β-unsaturated/α-hetero) is 1. The highest BCUT2D eigenvalue weighted by molar-refractivity contribution is 7.99. The lowest BCUT2D eigenvalue weighted by atomic mass is 10.3. The van der Waals surface area contributed by atoms with Gasteiger partial charge < -0.3 is 4.98 Å². The van der Waals surface area contributed by atoms with Gasteiger partial charge in [0.05, 0.1) is 12.2 Å². The summed E-state index contributed by atoms with van der Waals surface area (Å²) >= 11 is 1.93. The molecule has 1 saturated heterocycles. The second-order valence-corrected chi connectivity index (χ2v) is 4.96. The van der Waals surface area contributed by atoms with Crippen molar-refractivity contribution in [2.45, 2.75) is 13.0 Å². The maximum absolute atomic E-state index is 11.1. The van der Waals surface area contributed by atoms with Gasteiger partial charge in [-0.2, -0.15) is 11.8 Å². The highest BCUT2D eigenvalue weighted by Crippen LogP contribution is 2.26. The van der Waals surface area contributed by atoms with Gasteiger partial charge in [0.25, 0.3) is 0 Å². The molecule has 0 saturated carbocycles. The van der Waals surface area contributed by atoms with E-state index in [1.54, 1.807) is 13.1 Å². The van der Waals surface area contributed by atoms with Crippen LogP contribution in [0.15, 0.2) is 6.20 Å². The molecule has 0 radical (unpaired) electrons. The monoisotopic (exact) mass is 225 g/mol. The van der Waals surface area contributed by atoms with Crippen LogP contribution in [0, 0.1) is 0 Å². The summed E-state index contributed by atoms with van der Waals surface area (Å²) in [5.41, 5.74) is 0.606. The topological polar surface area (TPSA) is 49.0 Å². The lowest BCUT2D eigenvalue weighted by Gasteiger charge is -2.30. The van der Waals surface area contributed by atoms with Gasteiger partial charge in [-0.15, -0.1) is 0 Å². The van der Waals surface area contributed by atoms with E-state index in [1.807, 2.05) is 11.8 Å². The summed E-state index contributed by atoms with van der Waals surface area (Å²) in [5, 5.41) is 0. The molecule has 2 rings (SSSR count). The third kappa shape index (κ3) is 2.23. The molecule has 0 aliphatic carbocycles. The van der Waals surface area contributed by atoms with Crippen molar-refractivity contribution >= 4 is 17.5 Å². The average Bonchev–Trinajstić information content (AvgIpc) is 2.67. The predicted molar refractivity (Wildman–Crippen MR) is 61.3 cm³/mol. The minimum atomic E-state index is 0.0415. The molecule has 1 aromatic rings. The van der Waals surface area contributed by atoms with Gasteiger partial charge in [0.2, 0.25) is 0 Å². The number of hydrogen-bond acceptors (Lipinski definition) is 4. The van der Waals surface area contributed by atoms with E-state index in [0.29, 0.717) is 11.7 Å². The number of nitrogens with zero attached hydrogens (tertiary/aromatic N) is 2. The Kier molecular flexibility index (Phi) is 3.11. The fourth-order valence-corrected chi connectivity index (χ4v) is 2.88. The lowest BCUT2D eigenvalue weighted by molar-refractivity contribution is 0.101. The summed E-state index contributed by atoms with van der Waals surface area (Å²) < 4.78 is 0. The Hall–Kier alpha value is -0.810. The SMILES string of the molecule is CC(=O)c1cnc(C2CSCCN2C)[nH]1. The summed E-state index contributed by atoms with van der Waals surface area (Å²) in [4.78, 5) is 20.8. The number of thioether (sulfide) groups is 1. The molecule has 1 fully saturated rings. The number of aromatic amines is 1. The molecule has 5 heteroatoms. The second-order valence-electron chi connectivity index (χ2n) is 3.81. The lowest BCUT2D eigenvalue weighted by Crippen LogP contribution is -2.33. The number of H-pyrrole nitrogens is 1. The number of carbonyl (C=O) groups excluding carboxylic acids is 1. The van der Waals surface area contributed by atoms with Crippen LogP contribution in [0.25, 0.3) is 0 Å². The molecule has 0 bridgehead atoms. The molecule has 1 aliphatic rings. The normalized spacial score (nSPS) is 22.9. The molecule has 1 atom stereocenters. The molecule has 1 aliphatic heterocycles. The van der Waals surface area contributed by atoms with Crippen LogP contribution in [0.1, 0.15) is 29.3 Å². The van der Waals surface area contributed by atoms with E-state index < -0.39 is 0 Å². The van der Waals surface area contributed by atoms with Gasteiger partial charge in [-0.1, -0.05) is 0 Å². The Balaban J connectivity index is 2.17. The van der Waals surface area contributed by atoms with E-state index >= 15 is 0 Å². The first-order valence-corrected chi connectivity index (χ1v) is 6.18. The Morgan fingerprint density at radius 2 is 2.53 bits per heavy atom. The first-order chi connectivity index (χ1) is 7.18. The number of rotatable bonds is 2. The quantitative estimate of drug-likeness (QED) is 0.771. The van der Waals surface area contributed by atoms with Gasteiger partial charge in [0.15, 0.2) is 5.78 Å². The zero-order valence-electron chi connectivity index (χ0n) is 8.99. The molecule has 82 valence electrons. The first-order valence-electron chi connectivity index (χ1n) is 5.02. The smallest absolute Gasteiger partial charge is 0.177 e. The van der Waals surface area contributed by atoms with Gasteiger partial charge in [-0.05, 0) is 7.05 Å². The van der Waals surface area contributed by atoms with Crippen LogP contribution in [0.4, 0.5) is 0 Å². The van der Waals surface area contributed by atoms with E-state index in [2.05, 4.69) is 21.9 Å². The van der Waals surface area contributed by atoms with Crippen LogP contribution in [-0.2, 0) is 0 Å². The summed E-state index contributed by atoms with van der Waals surface area (Å²) in [7, 11) is 2.10. The van der Waals surface area contributed by atoms with Crippen LogP contribution in [-0.4, -0.2) is 45.7 Å². The maximum Gasteiger partial charge on any atom is 0.177 e. The molecular formula is C10H15N3OS. The van der Waals surface area contributed by atoms with Crippen LogP contribution in [0.3, 0.4) is 0 Å². The predicted octanol–water partition coefficient (Wildman–Crippen LogP) is 1.33. The zero-order chi connectivity index (χ0) is 10.8. The Morgan fingerprint density at radius 1 is 1.73 bits per heavy atom. The summed E-state index contributed by atoms with van der Waals surface area (Å²) in [6.07, 6.45) is 1.63. The number of imidazole rings is 1. The number of nitrogens with one attached hydrogen (secondary N) is 1. The van der Waals surface area contributed by atoms with Crippen molar-refractivity contribution in [3.8, 4) is 0 Å². The van der Waals surface area contributed by atoms with E-state index in [9.17, 15) is 4.79 Å². The Morgan fingerprint density at radius 3 is 3.13 bits per heavy atom. The summed E-state index contributed by atoms with van der Waals surface area (Å²) in [6.45, 7) is 2.63. The van der Waals surface area contributed by atoms with Crippen LogP contribution in [0.2, 0.25) is 0 Å². The van der Waals surface area contributed by atoms with E-state index in [1.165, 1.54) is 5.75 Å². The van der Waals surface area contributed by atoms with Gasteiger partial charge in [0, 0.05) is 25.0 Å². The van der Waals surface area contributed by atoms with Crippen molar-refractivity contribution in [2.75, 3.05) is 25.1 Å². The molecule has 1 unspecified atom stereocenters. The summed E-state index contributed by atoms with van der Waals surface area (Å²) in [5.74, 6) is 3.17. The van der Waals surface area contributed by atoms with E-state index in [0.717, 1.165) is 18.1 Å². The molecule has 0 amide bonds. The molecule has 0 aromatic carbocycles. The molecule has 1 N–H and O–H groups in total. The first kappa shape index (κ1) is 10.7.